The lowest BCUT2D eigenvalue weighted by atomic mass is 9.90. The Morgan fingerprint density at radius 1 is 1.23 bits per heavy atom. The molecule has 0 bridgehead atoms. The van der Waals surface area contributed by atoms with E-state index in [9.17, 15) is 9.59 Å². The molecule has 3 atom stereocenters. The number of rotatable bonds is 3. The Morgan fingerprint density at radius 3 is 2.95 bits per heavy atom. The molecule has 2 saturated heterocycles. The summed E-state index contributed by atoms with van der Waals surface area (Å²) in [7, 11) is 0. The second-order valence-electron chi connectivity index (χ2n) is 6.64. The van der Waals surface area contributed by atoms with Crippen molar-refractivity contribution >= 4 is 11.8 Å². The standard InChI is InChI=1S/C16H27N3O3/c20-15(18-12-5-3-4-8-17-16(12)21)11-19-9-10-22-14-7-2-1-6-13(14)19/h12-14H,1-11H2,(H,17,21)(H,18,20)/t12-,13-,14-/m1/s1. The number of carbonyl (C=O) groups excluding carboxylic acids is 2. The van der Waals surface area contributed by atoms with Crippen LogP contribution in [0.4, 0.5) is 0 Å². The van der Waals surface area contributed by atoms with Crippen LogP contribution in [0.25, 0.3) is 0 Å². The zero-order chi connectivity index (χ0) is 15.4. The second kappa shape index (κ2) is 7.42. The minimum atomic E-state index is -0.363. The number of hydrogen-bond acceptors (Lipinski definition) is 4. The maximum atomic E-state index is 12.3. The molecule has 1 aliphatic carbocycles. The van der Waals surface area contributed by atoms with Crippen molar-refractivity contribution in [3.05, 3.63) is 0 Å². The highest BCUT2D eigenvalue weighted by molar-refractivity contribution is 5.88. The van der Waals surface area contributed by atoms with Gasteiger partial charge in [0, 0.05) is 19.1 Å². The van der Waals surface area contributed by atoms with E-state index in [0.29, 0.717) is 19.2 Å². The van der Waals surface area contributed by atoms with Gasteiger partial charge in [0.1, 0.15) is 6.04 Å². The van der Waals surface area contributed by atoms with Gasteiger partial charge in [-0.25, -0.2) is 0 Å². The first kappa shape index (κ1) is 15.7. The van der Waals surface area contributed by atoms with Gasteiger partial charge in [0.15, 0.2) is 0 Å². The van der Waals surface area contributed by atoms with E-state index in [1.54, 1.807) is 0 Å². The molecule has 22 heavy (non-hydrogen) atoms. The topological polar surface area (TPSA) is 70.7 Å². The molecule has 0 unspecified atom stereocenters. The van der Waals surface area contributed by atoms with Crippen LogP contribution >= 0.6 is 0 Å². The Balaban J connectivity index is 1.53. The van der Waals surface area contributed by atoms with E-state index in [0.717, 1.165) is 45.2 Å². The van der Waals surface area contributed by atoms with Crippen LogP contribution in [0.2, 0.25) is 0 Å². The zero-order valence-corrected chi connectivity index (χ0v) is 13.2. The van der Waals surface area contributed by atoms with E-state index >= 15 is 0 Å². The molecule has 0 spiro atoms. The summed E-state index contributed by atoms with van der Waals surface area (Å²) < 4.78 is 5.84. The molecule has 2 N–H and O–H groups in total. The molecule has 6 nitrogen and oxygen atoms in total. The molecule has 2 heterocycles. The summed E-state index contributed by atoms with van der Waals surface area (Å²) in [5, 5.41) is 5.78. The first-order chi connectivity index (χ1) is 10.7. The number of amides is 2. The zero-order valence-electron chi connectivity index (χ0n) is 13.2. The Hall–Kier alpha value is -1.14. The molecule has 0 aromatic rings. The predicted octanol–water partition coefficient (Wildman–Crippen LogP) is 0.415. The summed E-state index contributed by atoms with van der Waals surface area (Å²) >= 11 is 0. The van der Waals surface area contributed by atoms with Gasteiger partial charge in [0.2, 0.25) is 11.8 Å². The van der Waals surface area contributed by atoms with E-state index in [1.807, 2.05) is 0 Å². The van der Waals surface area contributed by atoms with Gasteiger partial charge in [-0.3, -0.25) is 14.5 Å². The quantitative estimate of drug-likeness (QED) is 0.792. The van der Waals surface area contributed by atoms with Crippen molar-refractivity contribution in [3.8, 4) is 0 Å². The number of hydrogen-bond donors (Lipinski definition) is 2. The second-order valence-corrected chi connectivity index (χ2v) is 6.64. The minimum absolute atomic E-state index is 0.0340. The molecule has 2 amide bonds. The van der Waals surface area contributed by atoms with Crippen LogP contribution in [0.3, 0.4) is 0 Å². The summed E-state index contributed by atoms with van der Waals surface area (Å²) in [6, 6.07) is 0.00871. The molecule has 3 fully saturated rings. The number of ether oxygens (including phenoxy) is 1. The van der Waals surface area contributed by atoms with Gasteiger partial charge in [0.05, 0.1) is 19.3 Å². The lowest BCUT2D eigenvalue weighted by Gasteiger charge is -2.43. The first-order valence-electron chi connectivity index (χ1n) is 8.67. The molecule has 3 aliphatic rings. The maximum absolute atomic E-state index is 12.3. The van der Waals surface area contributed by atoms with Gasteiger partial charge in [-0.2, -0.15) is 0 Å². The van der Waals surface area contributed by atoms with Crippen LogP contribution in [0.5, 0.6) is 0 Å². The van der Waals surface area contributed by atoms with E-state index < -0.39 is 0 Å². The van der Waals surface area contributed by atoms with Crippen molar-refractivity contribution in [3.63, 3.8) is 0 Å². The molecule has 0 radical (unpaired) electrons. The smallest absolute Gasteiger partial charge is 0.242 e. The third-order valence-corrected chi connectivity index (χ3v) is 5.06. The van der Waals surface area contributed by atoms with E-state index in [-0.39, 0.29) is 24.0 Å². The van der Waals surface area contributed by atoms with E-state index in [2.05, 4.69) is 15.5 Å². The highest BCUT2D eigenvalue weighted by Crippen LogP contribution is 2.28. The Kier molecular flexibility index (Phi) is 5.31. The van der Waals surface area contributed by atoms with Crippen molar-refractivity contribution in [2.75, 3.05) is 26.2 Å². The van der Waals surface area contributed by atoms with Crippen molar-refractivity contribution in [1.82, 2.24) is 15.5 Å². The SMILES string of the molecule is O=C(CN1CCO[C@@H]2CCCC[C@H]21)N[C@@H]1CCCCNC1=O. The van der Waals surface area contributed by atoms with Crippen LogP contribution in [0.15, 0.2) is 0 Å². The van der Waals surface area contributed by atoms with Crippen molar-refractivity contribution < 1.29 is 14.3 Å². The van der Waals surface area contributed by atoms with Gasteiger partial charge < -0.3 is 15.4 Å². The maximum Gasteiger partial charge on any atom is 0.242 e. The summed E-state index contributed by atoms with van der Waals surface area (Å²) in [5.41, 5.74) is 0. The van der Waals surface area contributed by atoms with Gasteiger partial charge in [-0.05, 0) is 32.1 Å². The molecular weight excluding hydrogens is 282 g/mol. The summed E-state index contributed by atoms with van der Waals surface area (Å²) in [6.07, 6.45) is 7.66. The fourth-order valence-corrected chi connectivity index (χ4v) is 3.87. The number of morpholine rings is 1. The van der Waals surface area contributed by atoms with Crippen LogP contribution in [0, 0.1) is 0 Å². The number of carbonyl (C=O) groups is 2. The highest BCUT2D eigenvalue weighted by atomic mass is 16.5. The average molecular weight is 309 g/mol. The summed E-state index contributed by atoms with van der Waals surface area (Å²) in [6.45, 7) is 2.62. The first-order valence-corrected chi connectivity index (χ1v) is 8.67. The Bertz CT molecular complexity index is 413. The van der Waals surface area contributed by atoms with E-state index in [4.69, 9.17) is 4.74 Å². The average Bonchev–Trinajstić information content (AvgIpc) is 2.73. The lowest BCUT2D eigenvalue weighted by molar-refractivity contribution is -0.133. The van der Waals surface area contributed by atoms with Crippen LogP contribution in [0.1, 0.15) is 44.9 Å². The number of nitrogens with zero attached hydrogens (tertiary/aromatic N) is 1. The third kappa shape index (κ3) is 3.79. The molecule has 0 aromatic carbocycles. The monoisotopic (exact) mass is 309 g/mol. The summed E-state index contributed by atoms with van der Waals surface area (Å²) in [5.74, 6) is -0.0726. The fraction of sp³-hybridized carbons (Fsp3) is 0.875. The van der Waals surface area contributed by atoms with Gasteiger partial charge in [0.25, 0.3) is 0 Å². The largest absolute Gasteiger partial charge is 0.375 e. The fourth-order valence-electron chi connectivity index (χ4n) is 3.87. The molecule has 3 rings (SSSR count). The predicted molar refractivity (Wildman–Crippen MR) is 82.4 cm³/mol. The van der Waals surface area contributed by atoms with Crippen molar-refractivity contribution in [2.24, 2.45) is 0 Å². The third-order valence-electron chi connectivity index (χ3n) is 5.06. The van der Waals surface area contributed by atoms with Crippen molar-refractivity contribution in [1.29, 1.82) is 0 Å². The minimum Gasteiger partial charge on any atom is -0.375 e. The number of nitrogens with one attached hydrogen (secondary N) is 2. The Morgan fingerprint density at radius 2 is 2.05 bits per heavy atom. The highest BCUT2D eigenvalue weighted by Gasteiger charge is 2.35. The van der Waals surface area contributed by atoms with Crippen LogP contribution in [-0.2, 0) is 14.3 Å². The molecule has 124 valence electrons. The van der Waals surface area contributed by atoms with Gasteiger partial charge >= 0.3 is 0 Å². The van der Waals surface area contributed by atoms with E-state index in [1.165, 1.54) is 12.8 Å². The normalized spacial score (nSPS) is 33.5. The molecule has 2 aliphatic heterocycles. The Labute approximate surface area is 131 Å². The summed E-state index contributed by atoms with van der Waals surface area (Å²) in [4.78, 5) is 26.5. The van der Waals surface area contributed by atoms with Gasteiger partial charge in [-0.1, -0.05) is 12.8 Å². The molecule has 6 heteroatoms. The molecule has 0 aromatic heterocycles. The molecular formula is C16H27N3O3. The lowest BCUT2D eigenvalue weighted by Crippen LogP contribution is -2.56. The van der Waals surface area contributed by atoms with Crippen LogP contribution < -0.4 is 10.6 Å². The molecule has 1 saturated carbocycles. The van der Waals surface area contributed by atoms with Crippen molar-refractivity contribution in [2.45, 2.75) is 63.1 Å². The van der Waals surface area contributed by atoms with Gasteiger partial charge in [-0.15, -0.1) is 0 Å². The number of fused-ring (bicyclic) bond motifs is 1. The van der Waals surface area contributed by atoms with Crippen LogP contribution in [-0.4, -0.2) is 61.1 Å².